The first-order valence-electron chi connectivity index (χ1n) is 13.4. The van der Waals surface area contributed by atoms with E-state index in [2.05, 4.69) is 21.5 Å². The average Bonchev–Trinajstić information content (AvgIpc) is 2.96. The van der Waals surface area contributed by atoms with Crippen LogP contribution in [-0.4, -0.2) is 67.4 Å². The van der Waals surface area contributed by atoms with Crippen LogP contribution in [0.1, 0.15) is 32.4 Å². The van der Waals surface area contributed by atoms with Crippen LogP contribution in [0.3, 0.4) is 0 Å². The van der Waals surface area contributed by atoms with Gasteiger partial charge in [0.05, 0.1) is 22.3 Å². The number of hydrogen-bond acceptors (Lipinski definition) is 8. The first-order valence-corrected chi connectivity index (χ1v) is 14.6. The maximum absolute atomic E-state index is 15.9. The van der Waals surface area contributed by atoms with Crippen LogP contribution in [0.15, 0.2) is 58.9 Å². The van der Waals surface area contributed by atoms with Gasteiger partial charge in [-0.15, -0.1) is 11.8 Å². The van der Waals surface area contributed by atoms with Gasteiger partial charge in [-0.05, 0) is 49.4 Å². The summed E-state index contributed by atoms with van der Waals surface area (Å²) >= 11 is 1.40. The first kappa shape index (κ1) is 29.2. The van der Waals surface area contributed by atoms with E-state index in [9.17, 15) is 19.1 Å². The predicted molar refractivity (Wildman–Crippen MR) is 159 cm³/mol. The molecule has 1 unspecified atom stereocenters. The van der Waals surface area contributed by atoms with Gasteiger partial charge in [0.15, 0.2) is 11.5 Å². The molecule has 1 aliphatic heterocycles. The first-order chi connectivity index (χ1) is 20.1. The van der Waals surface area contributed by atoms with Crippen molar-refractivity contribution in [3.05, 3.63) is 77.0 Å². The van der Waals surface area contributed by atoms with Crippen LogP contribution in [0.5, 0.6) is 5.75 Å². The molecule has 1 aliphatic rings. The zero-order valence-electron chi connectivity index (χ0n) is 23.6. The van der Waals surface area contributed by atoms with Gasteiger partial charge in [-0.25, -0.2) is 23.1 Å². The lowest BCUT2D eigenvalue weighted by atomic mass is 10.1. The van der Waals surface area contributed by atoms with E-state index in [0.717, 1.165) is 11.0 Å². The van der Waals surface area contributed by atoms with Gasteiger partial charge in [0.1, 0.15) is 23.1 Å². The van der Waals surface area contributed by atoms with Gasteiger partial charge in [-0.2, -0.15) is 4.98 Å². The number of carbonyl (C=O) groups excluding carboxylic acids is 1. The van der Waals surface area contributed by atoms with Gasteiger partial charge in [-0.3, -0.25) is 9.78 Å². The number of pyridine rings is 2. The smallest absolute Gasteiger partial charge is 0.355 e. The van der Waals surface area contributed by atoms with Gasteiger partial charge in [0.25, 0.3) is 0 Å². The second-order valence-electron chi connectivity index (χ2n) is 10.3. The Labute approximate surface area is 245 Å². The fourth-order valence-corrected chi connectivity index (χ4v) is 5.90. The number of fused-ring (bicyclic) bond motifs is 1. The Hall–Kier alpha value is -4.32. The third-order valence-corrected chi connectivity index (χ3v) is 8.09. The number of rotatable bonds is 6. The number of phenolic OH excluding ortho intramolecular Hbond substituents is 1. The average molecular weight is 593 g/mol. The molecule has 1 N–H and O–H groups in total. The van der Waals surface area contributed by atoms with Crippen molar-refractivity contribution in [3.8, 4) is 22.7 Å². The third kappa shape index (κ3) is 5.00. The molecule has 9 nitrogen and oxygen atoms in total. The summed E-state index contributed by atoms with van der Waals surface area (Å²) in [5, 5.41) is 10.7. The summed E-state index contributed by atoms with van der Waals surface area (Å²) in [5.74, 6) is -2.37. The monoisotopic (exact) mass is 592 g/mol. The summed E-state index contributed by atoms with van der Waals surface area (Å²) in [4.78, 5) is 43.9. The molecule has 1 atom stereocenters. The normalized spacial score (nSPS) is 15.5. The molecule has 1 fully saturated rings. The van der Waals surface area contributed by atoms with Crippen LogP contribution >= 0.6 is 11.8 Å². The maximum Gasteiger partial charge on any atom is 0.355 e. The molecular weight excluding hydrogens is 562 g/mol. The van der Waals surface area contributed by atoms with Crippen molar-refractivity contribution in [2.45, 2.75) is 37.6 Å². The van der Waals surface area contributed by atoms with Crippen LogP contribution < -0.4 is 10.6 Å². The second kappa shape index (κ2) is 11.5. The Morgan fingerprint density at radius 1 is 1.19 bits per heavy atom. The number of anilines is 1. The number of benzene rings is 1. The summed E-state index contributed by atoms with van der Waals surface area (Å²) in [7, 11) is 0. The van der Waals surface area contributed by atoms with Gasteiger partial charge < -0.3 is 14.9 Å². The molecule has 42 heavy (non-hydrogen) atoms. The van der Waals surface area contributed by atoms with Crippen molar-refractivity contribution in [2.24, 2.45) is 0 Å². The van der Waals surface area contributed by atoms with E-state index in [1.165, 1.54) is 40.6 Å². The summed E-state index contributed by atoms with van der Waals surface area (Å²) in [5.41, 5.74) is -0.455. The van der Waals surface area contributed by atoms with E-state index >= 15 is 4.39 Å². The van der Waals surface area contributed by atoms with E-state index in [4.69, 9.17) is 0 Å². The summed E-state index contributed by atoms with van der Waals surface area (Å²) in [6, 6.07) is 6.30. The Morgan fingerprint density at radius 3 is 2.60 bits per heavy atom. The van der Waals surface area contributed by atoms with Gasteiger partial charge in [0.2, 0.25) is 5.91 Å². The number of hydrogen-bond donors (Lipinski definition) is 1. The Kier molecular flexibility index (Phi) is 8.00. The molecule has 5 rings (SSSR count). The van der Waals surface area contributed by atoms with Crippen molar-refractivity contribution >= 4 is 34.5 Å². The van der Waals surface area contributed by atoms with Crippen molar-refractivity contribution < 1.29 is 18.7 Å². The van der Waals surface area contributed by atoms with Crippen LogP contribution in [-0.2, 0) is 4.79 Å². The molecule has 12 heteroatoms. The number of halogens is 2. The molecule has 0 spiro atoms. The largest absolute Gasteiger partial charge is 0.507 e. The third-order valence-electron chi connectivity index (χ3n) is 7.32. The number of amides is 1. The van der Waals surface area contributed by atoms with Crippen molar-refractivity contribution in [1.82, 2.24) is 24.4 Å². The Balaban J connectivity index is 1.85. The van der Waals surface area contributed by atoms with Crippen molar-refractivity contribution in [1.29, 1.82) is 0 Å². The quantitative estimate of drug-likeness (QED) is 0.249. The number of phenols is 1. The maximum atomic E-state index is 15.9. The van der Waals surface area contributed by atoms with E-state index in [1.807, 2.05) is 31.9 Å². The molecule has 1 saturated heterocycles. The molecule has 3 aromatic heterocycles. The summed E-state index contributed by atoms with van der Waals surface area (Å²) in [6.07, 6.45) is 4.76. The van der Waals surface area contributed by atoms with Gasteiger partial charge in [0, 0.05) is 36.8 Å². The van der Waals surface area contributed by atoms with Gasteiger partial charge in [-0.1, -0.05) is 26.5 Å². The molecule has 4 heterocycles. The van der Waals surface area contributed by atoms with E-state index in [-0.39, 0.29) is 34.7 Å². The number of carbonyl (C=O) groups is 1. The molecular formula is C30H30F2N6O3S. The van der Waals surface area contributed by atoms with Gasteiger partial charge >= 0.3 is 5.69 Å². The van der Waals surface area contributed by atoms with Crippen LogP contribution in [0.4, 0.5) is 14.6 Å². The topological polar surface area (TPSA) is 104 Å². The van der Waals surface area contributed by atoms with Crippen LogP contribution in [0.25, 0.3) is 28.0 Å². The molecule has 1 aromatic carbocycles. The van der Waals surface area contributed by atoms with E-state index in [1.54, 1.807) is 17.2 Å². The SMILES string of the molecule is C=CC(=O)N1CCN(c2nc(=O)n(-c3c(SC)ccnc3C(C)C)c3nc(-c4c(O)cccc4F)c(F)cc23)C(C)C1. The van der Waals surface area contributed by atoms with E-state index < -0.39 is 34.3 Å². The number of aromatic hydroxyl groups is 1. The predicted octanol–water partition coefficient (Wildman–Crippen LogP) is 4.89. The zero-order chi connectivity index (χ0) is 30.3. The highest BCUT2D eigenvalue weighted by atomic mass is 32.2. The highest BCUT2D eigenvalue weighted by molar-refractivity contribution is 7.98. The number of piperazine rings is 1. The summed E-state index contributed by atoms with van der Waals surface area (Å²) < 4.78 is 32.1. The molecule has 0 radical (unpaired) electrons. The minimum atomic E-state index is -0.898. The Morgan fingerprint density at radius 2 is 1.95 bits per heavy atom. The molecule has 1 amide bonds. The van der Waals surface area contributed by atoms with Crippen LogP contribution in [0, 0.1) is 11.6 Å². The van der Waals surface area contributed by atoms with Crippen LogP contribution in [0.2, 0.25) is 0 Å². The lowest BCUT2D eigenvalue weighted by Crippen LogP contribution is -2.54. The van der Waals surface area contributed by atoms with Crippen molar-refractivity contribution in [3.63, 3.8) is 0 Å². The number of aromatic nitrogens is 4. The molecule has 0 saturated carbocycles. The second-order valence-corrected chi connectivity index (χ2v) is 11.2. The summed E-state index contributed by atoms with van der Waals surface area (Å²) in [6.45, 7) is 10.3. The fraction of sp³-hybridized carbons (Fsp3) is 0.300. The fourth-order valence-electron chi connectivity index (χ4n) is 5.31. The minimum absolute atomic E-state index is 0.0334. The highest BCUT2D eigenvalue weighted by Gasteiger charge is 2.31. The Bertz CT molecular complexity index is 1760. The number of thioether (sulfide) groups is 1. The van der Waals surface area contributed by atoms with E-state index in [0.29, 0.717) is 31.0 Å². The molecule has 0 bridgehead atoms. The highest BCUT2D eigenvalue weighted by Crippen LogP contribution is 2.37. The molecule has 0 aliphatic carbocycles. The lowest BCUT2D eigenvalue weighted by molar-refractivity contribution is -0.126. The zero-order valence-corrected chi connectivity index (χ0v) is 24.5. The molecule has 218 valence electrons. The number of nitrogens with zero attached hydrogens (tertiary/aromatic N) is 6. The lowest BCUT2D eigenvalue weighted by Gasteiger charge is -2.40. The standard InChI is InChI=1S/C30H30F2N6O3S/c1-6-23(40)36-12-13-37(17(4)15-36)28-18-14-20(32)26(24-19(31)8-7-9-21(24)39)34-29(18)38(30(41)35-28)27-22(42-5)10-11-33-25(27)16(2)3/h6-11,14,16-17,39H,1,12-13,15H2,2-5H3. The molecule has 4 aromatic rings. The van der Waals surface area contributed by atoms with Crippen molar-refractivity contribution in [2.75, 3.05) is 30.8 Å². The minimum Gasteiger partial charge on any atom is -0.507 e.